The van der Waals surface area contributed by atoms with E-state index in [1.807, 2.05) is 6.92 Å². The molecule has 1 heterocycles. The van der Waals surface area contributed by atoms with Gasteiger partial charge in [0.1, 0.15) is 23.5 Å². The molecule has 23 heavy (non-hydrogen) atoms. The largest absolute Gasteiger partial charge is 0.489 e. The van der Waals surface area contributed by atoms with Gasteiger partial charge in [0.2, 0.25) is 0 Å². The van der Waals surface area contributed by atoms with Crippen LogP contribution in [0, 0.1) is 5.82 Å². The van der Waals surface area contributed by atoms with Gasteiger partial charge >= 0.3 is 6.18 Å². The second-order valence-corrected chi connectivity index (χ2v) is 4.79. The van der Waals surface area contributed by atoms with Crippen molar-refractivity contribution >= 4 is 5.82 Å². The van der Waals surface area contributed by atoms with Gasteiger partial charge in [-0.15, -0.1) is 10.2 Å². The molecular formula is C15H15F4N3O. The SMILES string of the molecule is CCC(CNc1ccc(C(F)(F)F)nn1)Oc1cccc(F)c1. The molecule has 2 rings (SSSR count). The highest BCUT2D eigenvalue weighted by Gasteiger charge is 2.32. The number of ether oxygens (including phenoxy) is 1. The highest BCUT2D eigenvalue weighted by Crippen LogP contribution is 2.27. The van der Waals surface area contributed by atoms with E-state index in [4.69, 9.17) is 4.74 Å². The van der Waals surface area contributed by atoms with E-state index in [2.05, 4.69) is 15.5 Å². The molecule has 0 fully saturated rings. The second kappa shape index (κ2) is 7.26. The Balaban J connectivity index is 1.92. The van der Waals surface area contributed by atoms with Crippen LogP contribution >= 0.6 is 0 Å². The Kier molecular flexibility index (Phi) is 5.36. The molecule has 0 aliphatic rings. The first kappa shape index (κ1) is 17.0. The Morgan fingerprint density at radius 2 is 1.96 bits per heavy atom. The predicted molar refractivity (Wildman–Crippen MR) is 76.6 cm³/mol. The molecule has 1 atom stereocenters. The highest BCUT2D eigenvalue weighted by molar-refractivity contribution is 5.33. The van der Waals surface area contributed by atoms with Crippen LogP contribution in [0.1, 0.15) is 19.0 Å². The number of rotatable bonds is 6. The molecule has 0 aliphatic carbocycles. The van der Waals surface area contributed by atoms with Gasteiger partial charge < -0.3 is 10.1 Å². The molecule has 2 aromatic rings. The molecule has 0 saturated carbocycles. The van der Waals surface area contributed by atoms with Gasteiger partial charge in [-0.05, 0) is 30.7 Å². The van der Waals surface area contributed by atoms with Crippen molar-refractivity contribution in [2.45, 2.75) is 25.6 Å². The third kappa shape index (κ3) is 5.08. The van der Waals surface area contributed by atoms with E-state index in [1.165, 1.54) is 24.3 Å². The van der Waals surface area contributed by atoms with Crippen LogP contribution < -0.4 is 10.1 Å². The van der Waals surface area contributed by atoms with Crippen molar-refractivity contribution in [3.05, 3.63) is 47.9 Å². The fourth-order valence-corrected chi connectivity index (χ4v) is 1.80. The molecule has 0 spiro atoms. The van der Waals surface area contributed by atoms with Crippen LogP contribution in [0.5, 0.6) is 5.75 Å². The number of aromatic nitrogens is 2. The van der Waals surface area contributed by atoms with E-state index in [-0.39, 0.29) is 11.9 Å². The quantitative estimate of drug-likeness (QED) is 0.817. The summed E-state index contributed by atoms with van der Waals surface area (Å²) in [7, 11) is 0. The first-order valence-electron chi connectivity index (χ1n) is 6.95. The van der Waals surface area contributed by atoms with Gasteiger partial charge in [0.15, 0.2) is 5.69 Å². The van der Waals surface area contributed by atoms with Gasteiger partial charge in [-0.3, -0.25) is 0 Å². The van der Waals surface area contributed by atoms with Crippen LogP contribution in [-0.2, 0) is 6.18 Å². The van der Waals surface area contributed by atoms with Gasteiger partial charge in [0.25, 0.3) is 0 Å². The summed E-state index contributed by atoms with van der Waals surface area (Å²) in [6.45, 7) is 2.18. The van der Waals surface area contributed by atoms with E-state index >= 15 is 0 Å². The maximum absolute atomic E-state index is 13.1. The van der Waals surface area contributed by atoms with Crippen molar-refractivity contribution in [2.24, 2.45) is 0 Å². The molecule has 4 nitrogen and oxygen atoms in total. The zero-order chi connectivity index (χ0) is 16.9. The number of benzene rings is 1. The molecular weight excluding hydrogens is 314 g/mol. The van der Waals surface area contributed by atoms with Crippen LogP contribution in [0.2, 0.25) is 0 Å². The summed E-state index contributed by atoms with van der Waals surface area (Å²) in [6, 6.07) is 7.79. The first-order valence-corrected chi connectivity index (χ1v) is 6.95. The Morgan fingerprint density at radius 3 is 2.52 bits per heavy atom. The molecule has 0 aliphatic heterocycles. The van der Waals surface area contributed by atoms with Crippen molar-refractivity contribution in [3.8, 4) is 5.75 Å². The number of nitrogens with zero attached hydrogens (tertiary/aromatic N) is 2. The van der Waals surface area contributed by atoms with Crippen LogP contribution in [0.4, 0.5) is 23.4 Å². The van der Waals surface area contributed by atoms with Crippen molar-refractivity contribution in [2.75, 3.05) is 11.9 Å². The Hall–Kier alpha value is -2.38. The van der Waals surface area contributed by atoms with Gasteiger partial charge in [-0.25, -0.2) is 4.39 Å². The Bertz CT molecular complexity index is 631. The third-order valence-electron chi connectivity index (χ3n) is 3.02. The number of hydrogen-bond acceptors (Lipinski definition) is 4. The van der Waals surface area contributed by atoms with E-state index in [1.54, 1.807) is 6.07 Å². The standard InChI is InChI=1S/C15H15F4N3O/c1-2-11(23-12-5-3-4-10(16)8-12)9-20-14-7-6-13(21-22-14)15(17,18)19/h3-8,11H,2,9H2,1H3,(H,20,22). The fourth-order valence-electron chi connectivity index (χ4n) is 1.80. The van der Waals surface area contributed by atoms with Gasteiger partial charge in [0.05, 0.1) is 6.54 Å². The number of hydrogen-bond donors (Lipinski definition) is 1. The van der Waals surface area contributed by atoms with Crippen molar-refractivity contribution < 1.29 is 22.3 Å². The van der Waals surface area contributed by atoms with Crippen LogP contribution in [-0.4, -0.2) is 22.8 Å². The summed E-state index contributed by atoms with van der Waals surface area (Å²) in [5.74, 6) is 0.190. The summed E-state index contributed by atoms with van der Waals surface area (Å²) < 4.78 is 55.9. The topological polar surface area (TPSA) is 47.0 Å². The minimum absolute atomic E-state index is 0.208. The molecule has 1 aromatic heterocycles. The molecule has 8 heteroatoms. The summed E-state index contributed by atoms with van der Waals surface area (Å²) in [5, 5.41) is 9.45. The van der Waals surface area contributed by atoms with Crippen LogP contribution in [0.25, 0.3) is 0 Å². The Morgan fingerprint density at radius 1 is 1.17 bits per heavy atom. The molecule has 1 aromatic carbocycles. The second-order valence-electron chi connectivity index (χ2n) is 4.79. The lowest BCUT2D eigenvalue weighted by Gasteiger charge is -2.18. The monoisotopic (exact) mass is 329 g/mol. The number of alkyl halides is 3. The molecule has 1 N–H and O–H groups in total. The summed E-state index contributed by atoms with van der Waals surface area (Å²) >= 11 is 0. The summed E-state index contributed by atoms with van der Waals surface area (Å²) in [5.41, 5.74) is -1.05. The average molecular weight is 329 g/mol. The van der Waals surface area contributed by atoms with Crippen molar-refractivity contribution in [3.63, 3.8) is 0 Å². The highest BCUT2D eigenvalue weighted by atomic mass is 19.4. The van der Waals surface area contributed by atoms with Crippen molar-refractivity contribution in [1.29, 1.82) is 0 Å². The van der Waals surface area contributed by atoms with Gasteiger partial charge in [-0.1, -0.05) is 13.0 Å². The van der Waals surface area contributed by atoms with E-state index in [0.29, 0.717) is 18.7 Å². The smallest absolute Gasteiger partial charge is 0.435 e. The fraction of sp³-hybridized carbons (Fsp3) is 0.333. The average Bonchev–Trinajstić information content (AvgIpc) is 2.51. The minimum atomic E-state index is -4.52. The number of nitrogens with one attached hydrogen (secondary N) is 1. The normalized spacial score (nSPS) is 12.7. The lowest BCUT2D eigenvalue weighted by Crippen LogP contribution is -2.26. The lowest BCUT2D eigenvalue weighted by molar-refractivity contribution is -0.141. The molecule has 124 valence electrons. The molecule has 0 saturated heterocycles. The lowest BCUT2D eigenvalue weighted by atomic mass is 10.2. The molecule has 0 radical (unpaired) electrons. The van der Waals surface area contributed by atoms with E-state index in [9.17, 15) is 17.6 Å². The third-order valence-corrected chi connectivity index (χ3v) is 3.02. The summed E-state index contributed by atoms with van der Waals surface area (Å²) in [4.78, 5) is 0. The maximum atomic E-state index is 13.1. The van der Waals surface area contributed by atoms with Crippen molar-refractivity contribution in [1.82, 2.24) is 10.2 Å². The molecule has 1 unspecified atom stereocenters. The van der Waals surface area contributed by atoms with Crippen LogP contribution in [0.3, 0.4) is 0 Å². The number of anilines is 1. The first-order chi connectivity index (χ1) is 10.9. The Labute approximate surface area is 130 Å². The zero-order valence-electron chi connectivity index (χ0n) is 12.3. The van der Waals surface area contributed by atoms with E-state index in [0.717, 1.165) is 6.07 Å². The predicted octanol–water partition coefficient (Wildman–Crippen LogP) is 3.90. The zero-order valence-corrected chi connectivity index (χ0v) is 12.3. The summed E-state index contributed by atoms with van der Waals surface area (Å²) in [6.07, 6.45) is -4.18. The van der Waals surface area contributed by atoms with Gasteiger partial charge in [-0.2, -0.15) is 13.2 Å². The number of halogens is 4. The molecule has 0 amide bonds. The van der Waals surface area contributed by atoms with Gasteiger partial charge in [0, 0.05) is 6.07 Å². The maximum Gasteiger partial charge on any atom is 0.435 e. The van der Waals surface area contributed by atoms with E-state index < -0.39 is 17.7 Å². The molecule has 0 bridgehead atoms. The van der Waals surface area contributed by atoms with Crippen LogP contribution in [0.15, 0.2) is 36.4 Å². The minimum Gasteiger partial charge on any atom is -0.489 e.